The second-order valence-electron chi connectivity index (χ2n) is 5.91. The fourth-order valence-corrected chi connectivity index (χ4v) is 4.98. The summed E-state index contributed by atoms with van der Waals surface area (Å²) >= 11 is 2.94. The number of ether oxygens (including phenoxy) is 1. The van der Waals surface area contributed by atoms with Crippen molar-refractivity contribution in [1.29, 1.82) is 0 Å². The number of sulfonamides is 1. The highest BCUT2D eigenvalue weighted by Crippen LogP contribution is 2.26. The predicted octanol–water partition coefficient (Wildman–Crippen LogP) is 3.23. The minimum atomic E-state index is -3.48. The van der Waals surface area contributed by atoms with Gasteiger partial charge in [-0.25, -0.2) is 8.42 Å². The number of nitrogens with zero attached hydrogens (tertiary/aromatic N) is 3. The smallest absolute Gasteiger partial charge is 0.232 e. The number of anilines is 2. The second kappa shape index (κ2) is 10.6. The van der Waals surface area contributed by atoms with Gasteiger partial charge in [0.2, 0.25) is 21.1 Å². The number of amides is 1. The van der Waals surface area contributed by atoms with Gasteiger partial charge in [-0.3, -0.25) is 9.10 Å². The Bertz CT molecular complexity index is 886. The Labute approximate surface area is 173 Å². The third-order valence-electron chi connectivity index (χ3n) is 3.59. The molecule has 1 aromatic carbocycles. The van der Waals surface area contributed by atoms with Crippen LogP contribution < -0.4 is 14.4 Å². The third-order valence-corrected chi connectivity index (χ3v) is 6.96. The van der Waals surface area contributed by atoms with Crippen LogP contribution >= 0.6 is 23.1 Å². The van der Waals surface area contributed by atoms with E-state index in [2.05, 4.69) is 22.4 Å². The lowest BCUT2D eigenvalue weighted by atomic mass is 10.2. The highest BCUT2D eigenvalue weighted by molar-refractivity contribution is 8.01. The highest BCUT2D eigenvalue weighted by atomic mass is 32.2. The Morgan fingerprint density at radius 3 is 2.82 bits per heavy atom. The summed E-state index contributed by atoms with van der Waals surface area (Å²) in [6.07, 6.45) is 2.72. The molecule has 1 heterocycles. The lowest BCUT2D eigenvalue weighted by Crippen LogP contribution is -2.31. The number of carbonyl (C=O) groups is 1. The first-order valence-corrected chi connectivity index (χ1v) is 12.4. The van der Waals surface area contributed by atoms with Crippen molar-refractivity contribution in [3.05, 3.63) is 24.3 Å². The number of rotatable bonds is 11. The van der Waals surface area contributed by atoms with Crippen LogP contribution in [0.1, 0.15) is 26.2 Å². The molecule has 0 saturated carbocycles. The maximum atomic E-state index is 12.2. The highest BCUT2D eigenvalue weighted by Gasteiger charge is 2.18. The van der Waals surface area contributed by atoms with Crippen molar-refractivity contribution in [2.24, 2.45) is 0 Å². The van der Waals surface area contributed by atoms with Crippen LogP contribution in [-0.2, 0) is 14.8 Å². The van der Waals surface area contributed by atoms with Gasteiger partial charge in [-0.1, -0.05) is 36.1 Å². The number of nitrogens with one attached hydrogen (secondary N) is 1. The van der Waals surface area contributed by atoms with Gasteiger partial charge in [-0.15, -0.1) is 10.2 Å². The van der Waals surface area contributed by atoms with E-state index in [1.54, 1.807) is 36.0 Å². The number of hydrogen-bond acceptors (Lipinski definition) is 8. The van der Waals surface area contributed by atoms with Crippen LogP contribution in [0.15, 0.2) is 28.6 Å². The molecule has 0 saturated heterocycles. The van der Waals surface area contributed by atoms with Crippen molar-refractivity contribution >= 4 is 49.8 Å². The Morgan fingerprint density at radius 2 is 2.14 bits per heavy atom. The Kier molecular flexibility index (Phi) is 8.52. The van der Waals surface area contributed by atoms with E-state index in [4.69, 9.17) is 4.74 Å². The van der Waals surface area contributed by atoms with Crippen LogP contribution in [0.25, 0.3) is 0 Å². The van der Waals surface area contributed by atoms with E-state index in [0.29, 0.717) is 23.0 Å². The zero-order chi connectivity index (χ0) is 20.6. The number of benzene rings is 1. The summed E-state index contributed by atoms with van der Waals surface area (Å²) in [5.74, 6) is 1.30. The van der Waals surface area contributed by atoms with Crippen molar-refractivity contribution in [2.75, 3.05) is 35.3 Å². The zero-order valence-corrected chi connectivity index (χ0v) is 18.5. The molecule has 11 heteroatoms. The molecule has 1 aromatic heterocycles. The van der Waals surface area contributed by atoms with Gasteiger partial charge >= 0.3 is 0 Å². The maximum Gasteiger partial charge on any atom is 0.232 e. The van der Waals surface area contributed by atoms with E-state index in [9.17, 15) is 13.2 Å². The molecule has 154 valence electrons. The molecule has 1 amide bonds. The van der Waals surface area contributed by atoms with Crippen LogP contribution in [-0.4, -0.2) is 50.2 Å². The summed E-state index contributed by atoms with van der Waals surface area (Å²) in [7, 11) is -1.96. The normalized spacial score (nSPS) is 11.2. The van der Waals surface area contributed by atoms with Gasteiger partial charge in [0.25, 0.3) is 0 Å². The van der Waals surface area contributed by atoms with Gasteiger partial charge in [0.1, 0.15) is 5.75 Å². The van der Waals surface area contributed by atoms with E-state index in [0.717, 1.165) is 22.8 Å². The molecule has 0 fully saturated rings. The molecular formula is C17H24N4O4S3. The van der Waals surface area contributed by atoms with Gasteiger partial charge in [0, 0.05) is 24.8 Å². The van der Waals surface area contributed by atoms with Crippen molar-refractivity contribution in [3.63, 3.8) is 0 Å². The zero-order valence-electron chi connectivity index (χ0n) is 16.0. The molecule has 2 rings (SSSR count). The number of carbonyl (C=O) groups excluding carboxylic acids is 1. The quantitative estimate of drug-likeness (QED) is 0.419. The van der Waals surface area contributed by atoms with E-state index in [1.807, 2.05) is 0 Å². The molecule has 0 unspecified atom stereocenters. The monoisotopic (exact) mass is 444 g/mol. The molecule has 0 aliphatic carbocycles. The van der Waals surface area contributed by atoms with Gasteiger partial charge in [-0.05, 0) is 25.0 Å². The van der Waals surface area contributed by atoms with Crippen molar-refractivity contribution in [1.82, 2.24) is 10.2 Å². The third kappa shape index (κ3) is 6.95. The standard InChI is InChI=1S/C17H24N4O4S3/c1-4-11-26-17-20-19-16(27-17)18-15(22)9-6-10-21(28(3,23)24)13-7-5-8-14(12-13)25-2/h5,7-8,12H,4,6,9-11H2,1-3H3,(H,18,19,22). The second-order valence-corrected chi connectivity index (χ2v) is 10.1. The topological polar surface area (TPSA) is 101 Å². The van der Waals surface area contributed by atoms with E-state index in [1.165, 1.54) is 22.8 Å². The predicted molar refractivity (Wildman–Crippen MR) is 114 cm³/mol. The SMILES string of the molecule is CCCSc1nnc(NC(=O)CCCN(c2cccc(OC)c2)S(C)(=O)=O)s1. The fraction of sp³-hybridized carbons (Fsp3) is 0.471. The van der Waals surface area contributed by atoms with Crippen LogP contribution in [0, 0.1) is 0 Å². The summed E-state index contributed by atoms with van der Waals surface area (Å²) in [5.41, 5.74) is 0.504. The minimum Gasteiger partial charge on any atom is -0.497 e. The molecule has 0 atom stereocenters. The number of aromatic nitrogens is 2. The Morgan fingerprint density at radius 1 is 1.36 bits per heavy atom. The van der Waals surface area contributed by atoms with E-state index < -0.39 is 10.0 Å². The fourth-order valence-electron chi connectivity index (χ4n) is 2.32. The molecule has 0 bridgehead atoms. The number of methoxy groups -OCH3 is 1. The molecule has 0 aliphatic heterocycles. The van der Waals surface area contributed by atoms with Gasteiger partial charge in [-0.2, -0.15) is 0 Å². The van der Waals surface area contributed by atoms with Crippen molar-refractivity contribution in [3.8, 4) is 5.75 Å². The Hall–Kier alpha value is -1.85. The summed E-state index contributed by atoms with van der Waals surface area (Å²) in [5, 5.41) is 11.1. The molecule has 1 N–H and O–H groups in total. The lowest BCUT2D eigenvalue weighted by Gasteiger charge is -2.22. The molecule has 8 nitrogen and oxygen atoms in total. The molecule has 28 heavy (non-hydrogen) atoms. The number of thioether (sulfide) groups is 1. The molecular weight excluding hydrogens is 420 g/mol. The van der Waals surface area contributed by atoms with E-state index in [-0.39, 0.29) is 18.9 Å². The van der Waals surface area contributed by atoms with Crippen LogP contribution in [0.3, 0.4) is 0 Å². The first-order valence-electron chi connectivity index (χ1n) is 8.71. The Balaban J connectivity index is 1.91. The van der Waals surface area contributed by atoms with Gasteiger partial charge in [0.15, 0.2) is 4.34 Å². The lowest BCUT2D eigenvalue weighted by molar-refractivity contribution is -0.116. The summed E-state index contributed by atoms with van der Waals surface area (Å²) in [6, 6.07) is 6.81. The van der Waals surface area contributed by atoms with Crippen molar-refractivity contribution < 1.29 is 17.9 Å². The first kappa shape index (κ1) is 22.4. The molecule has 0 spiro atoms. The van der Waals surface area contributed by atoms with Crippen LogP contribution in [0.5, 0.6) is 5.75 Å². The summed E-state index contributed by atoms with van der Waals surface area (Å²) < 4.78 is 31.5. The van der Waals surface area contributed by atoms with E-state index >= 15 is 0 Å². The van der Waals surface area contributed by atoms with Crippen LogP contribution in [0.2, 0.25) is 0 Å². The first-order chi connectivity index (χ1) is 13.3. The molecule has 0 aliphatic rings. The van der Waals surface area contributed by atoms with Crippen molar-refractivity contribution in [2.45, 2.75) is 30.5 Å². The largest absolute Gasteiger partial charge is 0.497 e. The molecule has 2 aromatic rings. The minimum absolute atomic E-state index is 0.174. The number of hydrogen-bond donors (Lipinski definition) is 1. The average molecular weight is 445 g/mol. The summed E-state index contributed by atoms with van der Waals surface area (Å²) in [6.45, 7) is 2.27. The average Bonchev–Trinajstić information content (AvgIpc) is 3.09. The van der Waals surface area contributed by atoms with Crippen LogP contribution in [0.4, 0.5) is 10.8 Å². The maximum absolute atomic E-state index is 12.2. The summed E-state index contributed by atoms with van der Waals surface area (Å²) in [4.78, 5) is 12.1. The van der Waals surface area contributed by atoms with Gasteiger partial charge in [0.05, 0.1) is 19.1 Å². The molecule has 0 radical (unpaired) electrons. The van der Waals surface area contributed by atoms with Gasteiger partial charge < -0.3 is 10.1 Å².